The molecule has 0 radical (unpaired) electrons. The van der Waals surface area contributed by atoms with Crippen molar-refractivity contribution in [3.63, 3.8) is 0 Å². The fraction of sp³-hybridized carbons (Fsp3) is 0.107. The molecule has 0 aliphatic carbocycles. The Morgan fingerprint density at radius 3 is 2.53 bits per heavy atom. The largest absolute Gasteiger partial charge is 0.337 e. The van der Waals surface area contributed by atoms with Crippen molar-refractivity contribution < 1.29 is 9.18 Å². The second-order valence-corrected chi connectivity index (χ2v) is 8.60. The summed E-state index contributed by atoms with van der Waals surface area (Å²) in [4.78, 5) is 28.9. The van der Waals surface area contributed by atoms with Crippen molar-refractivity contribution in [2.75, 3.05) is 0 Å². The van der Waals surface area contributed by atoms with Crippen LogP contribution in [0.25, 0.3) is 55.8 Å². The molecular weight excluding hydrogens is 455 g/mol. The van der Waals surface area contributed by atoms with Gasteiger partial charge in [0.2, 0.25) is 0 Å². The number of benzene rings is 2. The molecule has 0 fully saturated rings. The Balaban J connectivity index is 1.39. The Hall–Kier alpha value is -4.72. The van der Waals surface area contributed by atoms with E-state index in [1.54, 1.807) is 24.5 Å². The van der Waals surface area contributed by atoms with Crippen LogP contribution in [0.15, 0.2) is 73.1 Å². The minimum absolute atomic E-state index is 0.162. The fourth-order valence-electron chi connectivity index (χ4n) is 4.28. The van der Waals surface area contributed by atoms with Gasteiger partial charge in [-0.3, -0.25) is 14.9 Å². The van der Waals surface area contributed by atoms with Crippen molar-refractivity contribution in [3.8, 4) is 33.8 Å². The van der Waals surface area contributed by atoms with Gasteiger partial charge in [0.15, 0.2) is 11.5 Å². The summed E-state index contributed by atoms with van der Waals surface area (Å²) >= 11 is 0. The van der Waals surface area contributed by atoms with Gasteiger partial charge in [-0.2, -0.15) is 5.10 Å². The summed E-state index contributed by atoms with van der Waals surface area (Å²) in [6, 6.07) is 18.1. The number of carbonyl (C=O) groups excluding carboxylic acids is 1. The highest BCUT2D eigenvalue weighted by molar-refractivity contribution is 5.97. The first kappa shape index (κ1) is 21.8. The van der Waals surface area contributed by atoms with Gasteiger partial charge in [-0.25, -0.2) is 14.4 Å². The van der Waals surface area contributed by atoms with E-state index in [2.05, 4.69) is 25.1 Å². The van der Waals surface area contributed by atoms with Crippen molar-refractivity contribution in [1.29, 1.82) is 0 Å². The number of H-pyrrole nitrogens is 2. The molecule has 0 saturated carbocycles. The summed E-state index contributed by atoms with van der Waals surface area (Å²) in [5.41, 5.74) is 7.27. The zero-order valence-electron chi connectivity index (χ0n) is 19.4. The number of nitrogens with zero attached hydrogens (tertiary/aromatic N) is 4. The van der Waals surface area contributed by atoms with Crippen molar-refractivity contribution in [3.05, 3.63) is 84.6 Å². The van der Waals surface area contributed by atoms with Crippen LogP contribution in [-0.4, -0.2) is 35.9 Å². The molecule has 36 heavy (non-hydrogen) atoms. The van der Waals surface area contributed by atoms with Gasteiger partial charge in [-0.05, 0) is 35.9 Å². The first-order chi connectivity index (χ1) is 17.6. The van der Waals surface area contributed by atoms with E-state index in [0.717, 1.165) is 50.1 Å². The van der Waals surface area contributed by atoms with Crippen LogP contribution in [0.5, 0.6) is 0 Å². The summed E-state index contributed by atoms with van der Waals surface area (Å²) in [6.45, 7) is 1.85. The predicted molar refractivity (Wildman–Crippen MR) is 137 cm³/mol. The van der Waals surface area contributed by atoms with E-state index in [4.69, 9.17) is 4.98 Å². The average molecular weight is 477 g/mol. The number of nitrogens with one attached hydrogen (secondary N) is 2. The summed E-state index contributed by atoms with van der Waals surface area (Å²) in [7, 11) is 0. The molecule has 4 heterocycles. The van der Waals surface area contributed by atoms with Crippen molar-refractivity contribution in [2.45, 2.75) is 19.8 Å². The number of aromatic nitrogens is 6. The van der Waals surface area contributed by atoms with Crippen LogP contribution in [0.2, 0.25) is 0 Å². The number of pyridine rings is 2. The van der Waals surface area contributed by atoms with E-state index in [9.17, 15) is 9.18 Å². The number of carbonyl (C=O) groups is 1. The average Bonchev–Trinajstić information content (AvgIpc) is 3.53. The van der Waals surface area contributed by atoms with Gasteiger partial charge < -0.3 is 4.98 Å². The molecule has 0 aliphatic rings. The molecule has 2 aromatic carbocycles. The van der Waals surface area contributed by atoms with E-state index in [1.807, 2.05) is 43.3 Å². The smallest absolute Gasteiger partial charge is 0.181 e. The quantitative estimate of drug-likeness (QED) is 0.312. The normalized spacial score (nSPS) is 11.4. The number of imidazole rings is 1. The summed E-state index contributed by atoms with van der Waals surface area (Å²) in [5, 5.41) is 8.24. The fourth-order valence-corrected chi connectivity index (χ4v) is 4.28. The van der Waals surface area contributed by atoms with E-state index in [1.165, 1.54) is 12.1 Å². The molecule has 0 atom stereocenters. The number of ketones is 1. The van der Waals surface area contributed by atoms with E-state index in [0.29, 0.717) is 24.3 Å². The topological polar surface area (TPSA) is 100 Å². The third-order valence-electron chi connectivity index (χ3n) is 6.25. The third kappa shape index (κ3) is 3.92. The molecule has 0 bridgehead atoms. The van der Waals surface area contributed by atoms with Gasteiger partial charge in [0.1, 0.15) is 17.3 Å². The lowest BCUT2D eigenvalue weighted by molar-refractivity contribution is -0.118. The molecule has 0 saturated heterocycles. The van der Waals surface area contributed by atoms with Crippen LogP contribution in [0.1, 0.15) is 19.0 Å². The molecule has 6 aromatic rings. The second-order valence-electron chi connectivity index (χ2n) is 8.60. The van der Waals surface area contributed by atoms with Gasteiger partial charge in [0.25, 0.3) is 0 Å². The van der Waals surface area contributed by atoms with Crippen LogP contribution in [0.4, 0.5) is 4.39 Å². The number of hydrogen-bond acceptors (Lipinski definition) is 5. The predicted octanol–water partition coefficient (Wildman–Crippen LogP) is 5.89. The number of hydrogen-bond donors (Lipinski definition) is 2. The first-order valence-electron chi connectivity index (χ1n) is 11.6. The van der Waals surface area contributed by atoms with Gasteiger partial charge >= 0.3 is 0 Å². The number of rotatable bonds is 6. The van der Waals surface area contributed by atoms with Gasteiger partial charge in [-0.15, -0.1) is 0 Å². The Morgan fingerprint density at radius 2 is 1.75 bits per heavy atom. The van der Waals surface area contributed by atoms with Crippen molar-refractivity contribution in [2.24, 2.45) is 0 Å². The Kier molecular flexibility index (Phi) is 5.33. The number of fused-ring (bicyclic) bond motifs is 2. The number of aromatic amines is 2. The second kappa shape index (κ2) is 8.81. The minimum atomic E-state index is -0.278. The number of Topliss-reactive ketones (excluding diaryl/α,β-unsaturated/α-hetero) is 1. The maximum Gasteiger partial charge on any atom is 0.181 e. The highest BCUT2D eigenvalue weighted by Crippen LogP contribution is 2.32. The zero-order chi connectivity index (χ0) is 24.6. The van der Waals surface area contributed by atoms with Crippen LogP contribution < -0.4 is 0 Å². The lowest BCUT2D eigenvalue weighted by Gasteiger charge is -2.03. The first-order valence-corrected chi connectivity index (χ1v) is 11.6. The number of para-hydroxylation sites is 1. The van der Waals surface area contributed by atoms with E-state index < -0.39 is 0 Å². The van der Waals surface area contributed by atoms with Crippen LogP contribution in [-0.2, 0) is 11.2 Å². The van der Waals surface area contributed by atoms with Crippen LogP contribution in [0.3, 0.4) is 0 Å². The third-order valence-corrected chi connectivity index (χ3v) is 6.25. The van der Waals surface area contributed by atoms with E-state index >= 15 is 0 Å². The molecule has 2 N–H and O–H groups in total. The van der Waals surface area contributed by atoms with E-state index in [-0.39, 0.29) is 11.6 Å². The molecule has 0 amide bonds. The maximum atomic E-state index is 13.4. The highest BCUT2D eigenvalue weighted by atomic mass is 19.1. The summed E-state index contributed by atoms with van der Waals surface area (Å²) < 4.78 is 13.4. The lowest BCUT2D eigenvalue weighted by Crippen LogP contribution is -2.02. The Labute approximate surface area is 205 Å². The van der Waals surface area contributed by atoms with Gasteiger partial charge in [-0.1, -0.05) is 37.3 Å². The Bertz CT molecular complexity index is 1720. The molecule has 0 spiro atoms. The minimum Gasteiger partial charge on any atom is -0.337 e. The van der Waals surface area contributed by atoms with Crippen LogP contribution in [0, 0.1) is 5.82 Å². The van der Waals surface area contributed by atoms with Gasteiger partial charge in [0, 0.05) is 47.6 Å². The molecule has 7 nitrogen and oxygen atoms in total. The molecule has 0 aliphatic heterocycles. The van der Waals surface area contributed by atoms with Crippen LogP contribution >= 0.6 is 0 Å². The number of halogens is 1. The summed E-state index contributed by atoms with van der Waals surface area (Å²) in [6.07, 6.45) is 4.36. The molecule has 176 valence electrons. The van der Waals surface area contributed by atoms with Gasteiger partial charge in [0.05, 0.1) is 16.4 Å². The highest BCUT2D eigenvalue weighted by Gasteiger charge is 2.16. The SMILES string of the molecule is CCC(=O)Cc1ccc(-c2cnc3n[nH]c(-c4nc5c(-c6ccc(F)cc6)cccc5[nH]4)c3c2)cn1. The molecular formula is C28H21FN6O. The zero-order valence-corrected chi connectivity index (χ0v) is 19.4. The Morgan fingerprint density at radius 1 is 0.944 bits per heavy atom. The monoisotopic (exact) mass is 476 g/mol. The summed E-state index contributed by atoms with van der Waals surface area (Å²) in [5.74, 6) is 0.516. The molecule has 6 rings (SSSR count). The maximum absolute atomic E-state index is 13.4. The molecule has 0 unspecified atom stereocenters. The van der Waals surface area contributed by atoms with Crippen molar-refractivity contribution >= 4 is 27.9 Å². The standard InChI is InChI=1S/C28H21FN6O/c1-2-21(36)13-20-11-8-17(14-30-20)18-12-23-26(34-35-27(23)31-15-18)28-32-24-5-3-4-22(25(24)33-28)16-6-9-19(29)10-7-16/h3-12,14-15H,2,13H2,1H3,(H,32,33)(H,31,34,35). The molecule has 8 heteroatoms. The lowest BCUT2D eigenvalue weighted by atomic mass is 10.0. The molecule has 4 aromatic heterocycles. The van der Waals surface area contributed by atoms with Crippen molar-refractivity contribution in [1.82, 2.24) is 30.1 Å².